The molecular formula is C20H28O4. The zero-order chi connectivity index (χ0) is 17.8. The van der Waals surface area contributed by atoms with Crippen molar-refractivity contribution in [3.63, 3.8) is 0 Å². The van der Waals surface area contributed by atoms with Gasteiger partial charge in [-0.15, -0.1) is 0 Å². The quantitative estimate of drug-likeness (QED) is 0.272. The lowest BCUT2D eigenvalue weighted by molar-refractivity contribution is -0.178. The molecule has 0 aliphatic rings. The van der Waals surface area contributed by atoms with Crippen LogP contribution in [-0.4, -0.2) is 18.2 Å². The lowest BCUT2D eigenvalue weighted by atomic mass is 10.0. The zero-order valence-electron chi connectivity index (χ0n) is 14.9. The van der Waals surface area contributed by atoms with Gasteiger partial charge in [0.2, 0.25) is 0 Å². The highest BCUT2D eigenvalue weighted by Gasteiger charge is 2.20. The predicted octanol–water partition coefficient (Wildman–Crippen LogP) is 4.58. The van der Waals surface area contributed by atoms with Crippen molar-refractivity contribution in [2.24, 2.45) is 0 Å². The van der Waals surface area contributed by atoms with Gasteiger partial charge in [-0.25, -0.2) is 0 Å². The number of unbranched alkanes of at least 4 members (excludes halogenated alkanes) is 4. The maximum atomic E-state index is 11.4. The molecule has 4 heteroatoms. The Labute approximate surface area is 144 Å². The van der Waals surface area contributed by atoms with Crippen LogP contribution < -0.4 is 0 Å². The number of carbonyl (C=O) groups is 2. The summed E-state index contributed by atoms with van der Waals surface area (Å²) in [5.74, 6) is -0.933. The van der Waals surface area contributed by atoms with E-state index in [1.54, 1.807) is 0 Å². The molecule has 0 aromatic heterocycles. The number of benzene rings is 1. The van der Waals surface area contributed by atoms with E-state index in [0.29, 0.717) is 6.42 Å². The average Bonchev–Trinajstić information content (AvgIpc) is 2.53. The molecule has 24 heavy (non-hydrogen) atoms. The van der Waals surface area contributed by atoms with Gasteiger partial charge in [0.15, 0.2) is 0 Å². The second-order valence-corrected chi connectivity index (χ2v) is 5.84. The number of carbonyl (C=O) groups excluding carboxylic acids is 2. The number of hydrogen-bond donors (Lipinski definition) is 0. The van der Waals surface area contributed by atoms with Crippen molar-refractivity contribution < 1.29 is 19.1 Å². The van der Waals surface area contributed by atoms with Crippen LogP contribution in [-0.2, 0) is 25.5 Å². The van der Waals surface area contributed by atoms with Crippen LogP contribution in [0.25, 0.3) is 0 Å². The van der Waals surface area contributed by atoms with E-state index in [9.17, 15) is 9.59 Å². The summed E-state index contributed by atoms with van der Waals surface area (Å²) >= 11 is 0. The summed E-state index contributed by atoms with van der Waals surface area (Å²) in [5.41, 5.74) is 1.89. The maximum absolute atomic E-state index is 11.4. The van der Waals surface area contributed by atoms with Crippen molar-refractivity contribution in [2.75, 3.05) is 0 Å². The molecule has 0 N–H and O–H groups in total. The SMILES string of the molecule is CCCCCC/C=C(\Cc1ccccc1)C(OC(C)=O)OC(C)=O. The van der Waals surface area contributed by atoms with E-state index in [0.717, 1.165) is 30.4 Å². The minimum Gasteiger partial charge on any atom is -0.421 e. The van der Waals surface area contributed by atoms with Crippen LogP contribution >= 0.6 is 0 Å². The van der Waals surface area contributed by atoms with Gasteiger partial charge in [-0.2, -0.15) is 0 Å². The third-order valence-corrected chi connectivity index (χ3v) is 3.56. The number of allylic oxidation sites excluding steroid dienone is 1. The van der Waals surface area contributed by atoms with Crippen LogP contribution in [0.5, 0.6) is 0 Å². The zero-order valence-corrected chi connectivity index (χ0v) is 14.9. The molecule has 0 unspecified atom stereocenters. The van der Waals surface area contributed by atoms with Crippen LogP contribution in [0, 0.1) is 0 Å². The lowest BCUT2D eigenvalue weighted by Gasteiger charge is -2.20. The van der Waals surface area contributed by atoms with Gasteiger partial charge in [-0.05, 0) is 18.4 Å². The monoisotopic (exact) mass is 332 g/mol. The molecule has 0 radical (unpaired) electrons. The van der Waals surface area contributed by atoms with E-state index < -0.39 is 18.2 Å². The molecule has 0 aliphatic carbocycles. The first kappa shape index (κ1) is 19.9. The average molecular weight is 332 g/mol. The minimum atomic E-state index is -0.952. The van der Waals surface area contributed by atoms with E-state index in [4.69, 9.17) is 9.47 Å². The Balaban J connectivity index is 2.88. The Morgan fingerprint density at radius 3 is 2.17 bits per heavy atom. The fourth-order valence-corrected chi connectivity index (χ4v) is 2.42. The Morgan fingerprint density at radius 2 is 1.62 bits per heavy atom. The second kappa shape index (κ2) is 11.4. The van der Waals surface area contributed by atoms with Gasteiger partial charge in [0.05, 0.1) is 0 Å². The highest BCUT2D eigenvalue weighted by Crippen LogP contribution is 2.18. The summed E-state index contributed by atoms with van der Waals surface area (Å²) < 4.78 is 10.4. The second-order valence-electron chi connectivity index (χ2n) is 5.84. The molecule has 0 saturated heterocycles. The number of hydrogen-bond acceptors (Lipinski definition) is 4. The molecule has 0 aliphatic heterocycles. The normalized spacial score (nSPS) is 11.4. The van der Waals surface area contributed by atoms with Crippen molar-refractivity contribution in [3.8, 4) is 0 Å². The molecule has 0 spiro atoms. The maximum Gasteiger partial charge on any atom is 0.305 e. The largest absolute Gasteiger partial charge is 0.421 e. The molecular weight excluding hydrogens is 304 g/mol. The molecule has 0 atom stereocenters. The van der Waals surface area contributed by atoms with E-state index >= 15 is 0 Å². The first-order valence-electron chi connectivity index (χ1n) is 8.60. The van der Waals surface area contributed by atoms with Crippen LogP contribution in [0.15, 0.2) is 42.0 Å². The van der Waals surface area contributed by atoms with Crippen molar-refractivity contribution in [3.05, 3.63) is 47.5 Å². The Bertz CT molecular complexity index is 518. The Hall–Kier alpha value is -2.10. The van der Waals surface area contributed by atoms with Gasteiger partial charge in [0.25, 0.3) is 6.29 Å². The first-order chi connectivity index (χ1) is 11.5. The summed E-state index contributed by atoms with van der Waals surface area (Å²) in [6.45, 7) is 4.81. The van der Waals surface area contributed by atoms with Gasteiger partial charge in [-0.3, -0.25) is 9.59 Å². The standard InChI is InChI=1S/C20H28O4/c1-4-5-6-7-11-14-19(15-18-12-9-8-10-13-18)20(23-16(2)21)24-17(3)22/h8-10,12-14,20H,4-7,11,15H2,1-3H3/b19-14+. The van der Waals surface area contributed by atoms with Crippen molar-refractivity contribution in [1.29, 1.82) is 0 Å². The van der Waals surface area contributed by atoms with Crippen molar-refractivity contribution in [2.45, 2.75) is 65.6 Å². The predicted molar refractivity (Wildman–Crippen MR) is 94.3 cm³/mol. The highest BCUT2D eigenvalue weighted by atomic mass is 16.7. The van der Waals surface area contributed by atoms with E-state index in [1.165, 1.54) is 26.7 Å². The lowest BCUT2D eigenvalue weighted by Crippen LogP contribution is -2.25. The third kappa shape index (κ3) is 8.51. The Kier molecular flexibility index (Phi) is 9.51. The summed E-state index contributed by atoms with van der Waals surface area (Å²) in [5, 5.41) is 0. The molecule has 1 rings (SSSR count). The third-order valence-electron chi connectivity index (χ3n) is 3.56. The van der Waals surface area contributed by atoms with Gasteiger partial charge < -0.3 is 9.47 Å². The number of rotatable bonds is 10. The van der Waals surface area contributed by atoms with Gasteiger partial charge in [0.1, 0.15) is 0 Å². The summed E-state index contributed by atoms with van der Waals surface area (Å²) in [4.78, 5) is 22.7. The van der Waals surface area contributed by atoms with Crippen LogP contribution in [0.1, 0.15) is 58.4 Å². The van der Waals surface area contributed by atoms with Gasteiger partial charge in [0, 0.05) is 25.8 Å². The molecule has 0 fully saturated rings. The number of ether oxygens (including phenoxy) is 2. The topological polar surface area (TPSA) is 52.6 Å². The van der Waals surface area contributed by atoms with Crippen LogP contribution in [0.4, 0.5) is 0 Å². The fraction of sp³-hybridized carbons (Fsp3) is 0.500. The molecule has 0 bridgehead atoms. The summed E-state index contributed by atoms with van der Waals surface area (Å²) in [6.07, 6.45) is 7.17. The molecule has 1 aromatic rings. The van der Waals surface area contributed by atoms with E-state index in [-0.39, 0.29) is 0 Å². The van der Waals surface area contributed by atoms with Gasteiger partial charge in [-0.1, -0.05) is 62.6 Å². The van der Waals surface area contributed by atoms with Gasteiger partial charge >= 0.3 is 11.9 Å². The Morgan fingerprint density at radius 1 is 1.00 bits per heavy atom. The summed E-state index contributed by atoms with van der Waals surface area (Å²) in [6, 6.07) is 9.88. The van der Waals surface area contributed by atoms with Crippen LogP contribution in [0.3, 0.4) is 0 Å². The van der Waals surface area contributed by atoms with Crippen LogP contribution in [0.2, 0.25) is 0 Å². The molecule has 1 aromatic carbocycles. The highest BCUT2D eigenvalue weighted by molar-refractivity contribution is 5.68. The smallest absolute Gasteiger partial charge is 0.305 e. The van der Waals surface area contributed by atoms with E-state index in [2.05, 4.69) is 6.92 Å². The summed E-state index contributed by atoms with van der Waals surface area (Å²) in [7, 11) is 0. The van der Waals surface area contributed by atoms with Crippen molar-refractivity contribution in [1.82, 2.24) is 0 Å². The molecule has 132 valence electrons. The van der Waals surface area contributed by atoms with Crippen molar-refractivity contribution >= 4 is 11.9 Å². The molecule has 0 heterocycles. The first-order valence-corrected chi connectivity index (χ1v) is 8.60. The fourth-order valence-electron chi connectivity index (χ4n) is 2.42. The molecule has 4 nitrogen and oxygen atoms in total. The van der Waals surface area contributed by atoms with E-state index in [1.807, 2.05) is 36.4 Å². The number of esters is 2. The molecule has 0 amide bonds. The minimum absolute atomic E-state index is 0.466. The molecule has 0 saturated carbocycles.